The Morgan fingerprint density at radius 1 is 1.24 bits per heavy atom. The largest absolute Gasteiger partial charge is 0.491 e. The van der Waals surface area contributed by atoms with E-state index in [1.807, 2.05) is 0 Å². The van der Waals surface area contributed by atoms with Crippen LogP contribution in [0.1, 0.15) is 55.1 Å². The second-order valence-electron chi connectivity index (χ2n) is 8.87. The van der Waals surface area contributed by atoms with Crippen LogP contribution < -0.4 is 4.74 Å². The smallest absolute Gasteiger partial charge is 0.164 e. The summed E-state index contributed by atoms with van der Waals surface area (Å²) in [5.74, 6) is 0.248. The van der Waals surface area contributed by atoms with Crippen molar-refractivity contribution in [3.8, 4) is 17.0 Å². The first kappa shape index (κ1) is 21.8. The number of halogens is 1. The summed E-state index contributed by atoms with van der Waals surface area (Å²) in [6.07, 6.45) is 5.97. The Hall–Kier alpha value is -3.06. The minimum Gasteiger partial charge on any atom is -0.491 e. The highest BCUT2D eigenvalue weighted by Crippen LogP contribution is 2.34. The van der Waals surface area contributed by atoms with Crippen LogP contribution in [0.3, 0.4) is 0 Å². The van der Waals surface area contributed by atoms with E-state index in [4.69, 9.17) is 9.47 Å². The lowest BCUT2D eigenvalue weighted by Gasteiger charge is -2.12. The molecule has 2 aliphatic rings. The molecule has 3 heterocycles. The van der Waals surface area contributed by atoms with Crippen LogP contribution in [0.4, 0.5) is 4.39 Å². The molecule has 1 aliphatic carbocycles. The summed E-state index contributed by atoms with van der Waals surface area (Å²) >= 11 is 0. The summed E-state index contributed by atoms with van der Waals surface area (Å²) in [6.45, 7) is 2.94. The van der Waals surface area contributed by atoms with Crippen LogP contribution in [0.5, 0.6) is 5.75 Å². The maximum absolute atomic E-state index is 15.0. The van der Waals surface area contributed by atoms with Gasteiger partial charge in [-0.25, -0.2) is 4.39 Å². The molecule has 1 aliphatic heterocycles. The average Bonchev–Trinajstić information content (AvgIpc) is 3.36. The van der Waals surface area contributed by atoms with Crippen LogP contribution in [-0.2, 0) is 16.0 Å². The molecule has 3 aromatic rings. The second kappa shape index (κ2) is 9.06. The highest BCUT2D eigenvalue weighted by molar-refractivity contribution is 6.09. The number of benzene rings is 1. The van der Waals surface area contributed by atoms with Crippen LogP contribution in [0.15, 0.2) is 30.5 Å². The van der Waals surface area contributed by atoms with E-state index in [-0.39, 0.29) is 30.0 Å². The van der Waals surface area contributed by atoms with Crippen LogP contribution >= 0.6 is 0 Å². The number of hydrogen-bond donors (Lipinski definition) is 1. The van der Waals surface area contributed by atoms with E-state index in [1.54, 1.807) is 31.3 Å². The molecular formula is C26H27FN2O4. The van der Waals surface area contributed by atoms with Crippen LogP contribution in [-0.4, -0.2) is 40.9 Å². The highest BCUT2D eigenvalue weighted by atomic mass is 19.1. The van der Waals surface area contributed by atoms with Gasteiger partial charge < -0.3 is 14.5 Å². The zero-order chi connectivity index (χ0) is 22.9. The SMILES string of the molecule is CCC(=O)c1cnc(CC(=O)C2CC2)c2[nH]c(-c3ccc(OC[C@@H]4CCCO4)cc3F)cc12. The number of hydrogen-bond acceptors (Lipinski definition) is 5. The fourth-order valence-electron chi connectivity index (χ4n) is 4.35. The molecule has 1 saturated carbocycles. The van der Waals surface area contributed by atoms with Gasteiger partial charge in [0.2, 0.25) is 0 Å². The van der Waals surface area contributed by atoms with Crippen molar-refractivity contribution in [2.75, 3.05) is 13.2 Å². The number of rotatable bonds is 9. The predicted octanol–water partition coefficient (Wildman–Crippen LogP) is 5.04. The molecule has 7 heteroatoms. The quantitative estimate of drug-likeness (QED) is 0.462. The van der Waals surface area contributed by atoms with Crippen molar-refractivity contribution in [3.05, 3.63) is 47.5 Å². The molecule has 2 fully saturated rings. The van der Waals surface area contributed by atoms with Gasteiger partial charge in [-0.3, -0.25) is 14.6 Å². The molecule has 2 aromatic heterocycles. The molecule has 5 rings (SSSR count). The topological polar surface area (TPSA) is 81.3 Å². The number of ether oxygens (including phenoxy) is 2. The third-order valence-corrected chi connectivity index (χ3v) is 6.43. The number of ketones is 2. The number of nitrogens with one attached hydrogen (secondary N) is 1. The summed E-state index contributed by atoms with van der Waals surface area (Å²) in [7, 11) is 0. The number of Topliss-reactive ketones (excluding diaryl/α,β-unsaturated/α-hetero) is 2. The standard InChI is InChI=1S/C26H27FN2O4/c1-2-24(30)20-13-28-23(12-25(31)15-5-6-15)26-19(20)11-22(29-26)18-8-7-16(10-21(18)27)33-14-17-4-3-9-32-17/h7-8,10-11,13,15,17,29H,2-6,9,12,14H2,1H3/t17-/m0/s1. The minimum atomic E-state index is -0.432. The molecule has 1 atom stereocenters. The molecule has 0 bridgehead atoms. The number of nitrogens with zero attached hydrogens (tertiary/aromatic N) is 1. The molecule has 0 unspecified atom stereocenters. The molecule has 1 aromatic carbocycles. The van der Waals surface area contributed by atoms with Gasteiger partial charge in [-0.2, -0.15) is 0 Å². The fourth-order valence-corrected chi connectivity index (χ4v) is 4.35. The Bertz CT molecular complexity index is 1210. The Labute approximate surface area is 191 Å². The number of aromatic amines is 1. The average molecular weight is 451 g/mol. The lowest BCUT2D eigenvalue weighted by Crippen LogP contribution is -2.16. The number of carbonyl (C=O) groups is 2. The molecular weight excluding hydrogens is 423 g/mol. The lowest BCUT2D eigenvalue weighted by molar-refractivity contribution is -0.119. The van der Waals surface area contributed by atoms with E-state index in [9.17, 15) is 9.59 Å². The van der Waals surface area contributed by atoms with Crippen molar-refractivity contribution >= 4 is 22.5 Å². The summed E-state index contributed by atoms with van der Waals surface area (Å²) in [5, 5.41) is 0.670. The molecule has 0 radical (unpaired) electrons. The molecule has 33 heavy (non-hydrogen) atoms. The minimum absolute atomic E-state index is 0.0449. The zero-order valence-electron chi connectivity index (χ0n) is 18.7. The van der Waals surface area contributed by atoms with E-state index < -0.39 is 5.82 Å². The van der Waals surface area contributed by atoms with Crippen LogP contribution in [0.2, 0.25) is 0 Å². The predicted molar refractivity (Wildman–Crippen MR) is 122 cm³/mol. The maximum atomic E-state index is 15.0. The van der Waals surface area contributed by atoms with Gasteiger partial charge in [-0.1, -0.05) is 6.92 Å². The Morgan fingerprint density at radius 3 is 2.79 bits per heavy atom. The molecule has 6 nitrogen and oxygen atoms in total. The van der Waals surface area contributed by atoms with Crippen molar-refractivity contribution in [2.45, 2.75) is 51.6 Å². The number of carbonyl (C=O) groups excluding carboxylic acids is 2. The number of H-pyrrole nitrogens is 1. The Morgan fingerprint density at radius 2 is 2.09 bits per heavy atom. The molecule has 0 amide bonds. The highest BCUT2D eigenvalue weighted by Gasteiger charge is 2.30. The molecule has 1 saturated heterocycles. The number of aromatic nitrogens is 2. The molecule has 0 spiro atoms. The van der Waals surface area contributed by atoms with Gasteiger partial charge in [-0.05, 0) is 43.9 Å². The first-order valence-corrected chi connectivity index (χ1v) is 11.6. The van der Waals surface area contributed by atoms with Crippen LogP contribution in [0, 0.1) is 11.7 Å². The Balaban J connectivity index is 1.46. The van der Waals surface area contributed by atoms with Gasteiger partial charge >= 0.3 is 0 Å². The normalized spacial score (nSPS) is 18.1. The summed E-state index contributed by atoms with van der Waals surface area (Å²) in [6, 6.07) is 6.53. The third kappa shape index (κ3) is 4.55. The van der Waals surface area contributed by atoms with Crippen molar-refractivity contribution < 1.29 is 23.5 Å². The van der Waals surface area contributed by atoms with Gasteiger partial charge in [0.25, 0.3) is 0 Å². The zero-order valence-corrected chi connectivity index (χ0v) is 18.7. The van der Waals surface area contributed by atoms with Crippen LogP contribution in [0.25, 0.3) is 22.2 Å². The molecule has 1 N–H and O–H groups in total. The summed E-state index contributed by atoms with van der Waals surface area (Å²) in [4.78, 5) is 32.6. The van der Waals surface area contributed by atoms with Gasteiger partial charge in [0, 0.05) is 53.4 Å². The number of fused-ring (bicyclic) bond motifs is 1. The monoisotopic (exact) mass is 450 g/mol. The summed E-state index contributed by atoms with van der Waals surface area (Å²) in [5.41, 5.74) is 2.60. The first-order valence-electron chi connectivity index (χ1n) is 11.6. The van der Waals surface area contributed by atoms with E-state index in [2.05, 4.69) is 9.97 Å². The van der Waals surface area contributed by atoms with E-state index in [1.165, 1.54) is 6.07 Å². The lowest BCUT2D eigenvalue weighted by atomic mass is 10.0. The maximum Gasteiger partial charge on any atom is 0.164 e. The van der Waals surface area contributed by atoms with Crippen molar-refractivity contribution in [2.24, 2.45) is 5.92 Å². The van der Waals surface area contributed by atoms with E-state index in [0.717, 1.165) is 32.3 Å². The van der Waals surface area contributed by atoms with Gasteiger partial charge in [0.1, 0.15) is 24.0 Å². The van der Waals surface area contributed by atoms with Gasteiger partial charge in [-0.15, -0.1) is 0 Å². The van der Waals surface area contributed by atoms with Gasteiger partial charge in [0.05, 0.1) is 23.7 Å². The number of pyridine rings is 1. The van der Waals surface area contributed by atoms with Crippen molar-refractivity contribution in [1.82, 2.24) is 9.97 Å². The van der Waals surface area contributed by atoms with Crippen molar-refractivity contribution in [3.63, 3.8) is 0 Å². The van der Waals surface area contributed by atoms with E-state index in [0.29, 0.717) is 52.2 Å². The summed E-state index contributed by atoms with van der Waals surface area (Å²) < 4.78 is 26.3. The van der Waals surface area contributed by atoms with Gasteiger partial charge in [0.15, 0.2) is 5.78 Å². The van der Waals surface area contributed by atoms with Crippen molar-refractivity contribution in [1.29, 1.82) is 0 Å². The fraction of sp³-hybridized carbons (Fsp3) is 0.423. The van der Waals surface area contributed by atoms with E-state index >= 15 is 4.39 Å². The third-order valence-electron chi connectivity index (χ3n) is 6.43. The second-order valence-corrected chi connectivity index (χ2v) is 8.87. The first-order chi connectivity index (χ1) is 16.0. The molecule has 172 valence electrons. The Kier molecular flexibility index (Phi) is 5.98.